The van der Waals surface area contributed by atoms with E-state index in [4.69, 9.17) is 23.7 Å². The number of benzene rings is 1. The summed E-state index contributed by atoms with van der Waals surface area (Å²) in [5.74, 6) is -1.76. The molecule has 2 aliphatic heterocycles. The predicted molar refractivity (Wildman–Crippen MR) is 92.5 cm³/mol. The van der Waals surface area contributed by atoms with E-state index in [9.17, 15) is 14.4 Å². The van der Waals surface area contributed by atoms with Gasteiger partial charge in [-0.3, -0.25) is 14.4 Å². The van der Waals surface area contributed by atoms with Crippen LogP contribution in [0.1, 0.15) is 20.8 Å². The summed E-state index contributed by atoms with van der Waals surface area (Å²) in [6.07, 6.45) is -4.68. The van der Waals surface area contributed by atoms with Gasteiger partial charge in [-0.1, -0.05) is 30.0 Å². The third-order valence-corrected chi connectivity index (χ3v) is 5.12. The van der Waals surface area contributed by atoms with Crippen LogP contribution in [0.15, 0.2) is 35.2 Å². The molecule has 8 nitrogen and oxygen atoms in total. The Morgan fingerprint density at radius 2 is 1.37 bits per heavy atom. The first kappa shape index (κ1) is 19.7. The first-order valence-electron chi connectivity index (χ1n) is 8.39. The molecule has 0 aromatic heterocycles. The van der Waals surface area contributed by atoms with Crippen LogP contribution in [0, 0.1) is 0 Å². The highest BCUT2D eigenvalue weighted by Gasteiger charge is 2.60. The van der Waals surface area contributed by atoms with Crippen LogP contribution in [-0.4, -0.2) is 54.0 Å². The maximum absolute atomic E-state index is 11.6. The number of thioether (sulfide) groups is 1. The SMILES string of the molecule is CC(=O)OC1C2OC(Sc3ccccc3)C(O2)C(OC(C)=O)C1OC(C)=O. The summed E-state index contributed by atoms with van der Waals surface area (Å²) in [6, 6.07) is 9.48. The van der Waals surface area contributed by atoms with Crippen LogP contribution in [-0.2, 0) is 38.1 Å². The molecule has 2 aliphatic rings. The zero-order valence-electron chi connectivity index (χ0n) is 15.0. The van der Waals surface area contributed by atoms with Gasteiger partial charge in [0.05, 0.1) is 0 Å². The Bertz CT molecular complexity index is 709. The molecule has 1 aromatic carbocycles. The van der Waals surface area contributed by atoms with Crippen molar-refractivity contribution in [3.63, 3.8) is 0 Å². The summed E-state index contributed by atoms with van der Waals surface area (Å²) in [5, 5.41) is 0. The van der Waals surface area contributed by atoms with Gasteiger partial charge in [-0.05, 0) is 12.1 Å². The van der Waals surface area contributed by atoms with E-state index in [0.717, 1.165) is 4.90 Å². The van der Waals surface area contributed by atoms with Crippen molar-refractivity contribution in [3.05, 3.63) is 30.3 Å². The van der Waals surface area contributed by atoms with Crippen molar-refractivity contribution in [2.45, 2.75) is 61.8 Å². The molecule has 0 N–H and O–H groups in total. The van der Waals surface area contributed by atoms with Gasteiger partial charge < -0.3 is 23.7 Å². The second kappa shape index (κ2) is 8.28. The monoisotopic (exact) mass is 396 g/mol. The molecule has 0 spiro atoms. The molecule has 0 radical (unpaired) electrons. The lowest BCUT2D eigenvalue weighted by atomic mass is 10.00. The number of fused-ring (bicyclic) bond motifs is 2. The highest BCUT2D eigenvalue weighted by Crippen LogP contribution is 2.43. The molecular formula is C18H20O8S. The Labute approximate surface area is 160 Å². The molecule has 2 heterocycles. The normalized spacial score (nSPS) is 31.8. The number of hydrogen-bond donors (Lipinski definition) is 0. The van der Waals surface area contributed by atoms with Crippen LogP contribution in [0.2, 0.25) is 0 Å². The molecule has 1 aromatic rings. The molecule has 9 heteroatoms. The fourth-order valence-electron chi connectivity index (χ4n) is 3.07. The highest BCUT2D eigenvalue weighted by atomic mass is 32.2. The van der Waals surface area contributed by atoms with Gasteiger partial charge in [0.2, 0.25) is 6.29 Å². The van der Waals surface area contributed by atoms with Gasteiger partial charge in [-0.2, -0.15) is 0 Å². The van der Waals surface area contributed by atoms with Crippen molar-refractivity contribution >= 4 is 29.7 Å². The summed E-state index contributed by atoms with van der Waals surface area (Å²) < 4.78 is 27.7. The Hall–Kier alpha value is -2.10. The van der Waals surface area contributed by atoms with Crippen LogP contribution in [0.25, 0.3) is 0 Å². The summed E-state index contributed by atoms with van der Waals surface area (Å²) in [5.41, 5.74) is -0.541. The molecule has 2 bridgehead atoms. The lowest BCUT2D eigenvalue weighted by molar-refractivity contribution is -0.250. The second-order valence-corrected chi connectivity index (χ2v) is 7.30. The number of carbonyl (C=O) groups is 3. The standard InChI is InChI=1S/C18H20O8S/c1-9(19)22-13-14(23-10(2)20)16-18(27-12-7-5-4-6-8-12)26-17(25-16)15(13)24-11(3)21/h4-8,13-18H,1-3H3. The number of carbonyl (C=O) groups excluding carboxylic acids is 3. The van der Waals surface area contributed by atoms with E-state index in [2.05, 4.69) is 0 Å². The smallest absolute Gasteiger partial charge is 0.303 e. The van der Waals surface area contributed by atoms with E-state index in [0.29, 0.717) is 0 Å². The van der Waals surface area contributed by atoms with Crippen LogP contribution in [0.3, 0.4) is 0 Å². The first-order chi connectivity index (χ1) is 12.8. The van der Waals surface area contributed by atoms with Gasteiger partial charge >= 0.3 is 17.9 Å². The molecule has 6 atom stereocenters. The molecule has 27 heavy (non-hydrogen) atoms. The quantitative estimate of drug-likeness (QED) is 0.543. The third kappa shape index (κ3) is 4.60. The summed E-state index contributed by atoms with van der Waals surface area (Å²) >= 11 is 1.38. The van der Waals surface area contributed by atoms with Crippen molar-refractivity contribution in [1.29, 1.82) is 0 Å². The van der Waals surface area contributed by atoms with E-state index in [-0.39, 0.29) is 0 Å². The van der Waals surface area contributed by atoms with Gasteiger partial charge in [-0.15, -0.1) is 0 Å². The molecule has 3 rings (SSSR count). The average molecular weight is 396 g/mol. The molecular weight excluding hydrogens is 376 g/mol. The zero-order chi connectivity index (χ0) is 19.6. The fourth-order valence-corrected chi connectivity index (χ4v) is 4.17. The molecule has 6 unspecified atom stereocenters. The molecule has 2 fully saturated rings. The van der Waals surface area contributed by atoms with E-state index in [1.54, 1.807) is 0 Å². The zero-order valence-corrected chi connectivity index (χ0v) is 15.8. The van der Waals surface area contributed by atoms with Crippen LogP contribution in [0.5, 0.6) is 0 Å². The van der Waals surface area contributed by atoms with Crippen molar-refractivity contribution in [2.24, 2.45) is 0 Å². The maximum atomic E-state index is 11.6. The van der Waals surface area contributed by atoms with Crippen LogP contribution in [0.4, 0.5) is 0 Å². The number of hydrogen-bond acceptors (Lipinski definition) is 9. The minimum absolute atomic E-state index is 0.541. The van der Waals surface area contributed by atoms with E-state index >= 15 is 0 Å². The minimum atomic E-state index is -1.05. The summed E-state index contributed by atoms with van der Waals surface area (Å²) in [7, 11) is 0. The van der Waals surface area contributed by atoms with Gasteiger partial charge in [0, 0.05) is 25.7 Å². The summed E-state index contributed by atoms with van der Waals surface area (Å²) in [4.78, 5) is 35.7. The maximum Gasteiger partial charge on any atom is 0.303 e. The Morgan fingerprint density at radius 1 is 0.815 bits per heavy atom. The van der Waals surface area contributed by atoms with Gasteiger partial charge in [0.15, 0.2) is 18.3 Å². The van der Waals surface area contributed by atoms with Crippen molar-refractivity contribution in [2.75, 3.05) is 0 Å². The second-order valence-electron chi connectivity index (χ2n) is 6.13. The van der Waals surface area contributed by atoms with Crippen molar-refractivity contribution in [1.82, 2.24) is 0 Å². The van der Waals surface area contributed by atoms with Crippen molar-refractivity contribution in [3.8, 4) is 0 Å². The number of esters is 3. The van der Waals surface area contributed by atoms with E-state index < -0.39 is 54.0 Å². The third-order valence-electron chi connectivity index (χ3n) is 3.97. The highest BCUT2D eigenvalue weighted by molar-refractivity contribution is 7.99. The molecule has 146 valence electrons. The topological polar surface area (TPSA) is 97.4 Å². The Morgan fingerprint density at radius 3 is 1.96 bits per heavy atom. The molecule has 0 saturated carbocycles. The lowest BCUT2D eigenvalue weighted by Crippen LogP contribution is -2.58. The van der Waals surface area contributed by atoms with E-state index in [1.807, 2.05) is 30.3 Å². The first-order valence-corrected chi connectivity index (χ1v) is 9.27. The summed E-state index contributed by atoms with van der Waals surface area (Å²) in [6.45, 7) is 3.69. The lowest BCUT2D eigenvalue weighted by Gasteiger charge is -2.38. The van der Waals surface area contributed by atoms with Gasteiger partial charge in [0.25, 0.3) is 0 Å². The molecule has 0 amide bonds. The molecule has 2 saturated heterocycles. The van der Waals surface area contributed by atoms with E-state index in [1.165, 1.54) is 32.5 Å². The number of rotatable bonds is 5. The Kier molecular flexibility index (Phi) is 6.03. The van der Waals surface area contributed by atoms with Crippen molar-refractivity contribution < 1.29 is 38.1 Å². The fraction of sp³-hybridized carbons (Fsp3) is 0.500. The Balaban J connectivity index is 1.90. The van der Waals surface area contributed by atoms with Gasteiger partial charge in [-0.25, -0.2) is 0 Å². The van der Waals surface area contributed by atoms with Crippen LogP contribution >= 0.6 is 11.8 Å². The largest absolute Gasteiger partial charge is 0.455 e. The van der Waals surface area contributed by atoms with Gasteiger partial charge in [0.1, 0.15) is 11.5 Å². The van der Waals surface area contributed by atoms with Crippen LogP contribution < -0.4 is 0 Å². The number of ether oxygens (including phenoxy) is 5. The minimum Gasteiger partial charge on any atom is -0.455 e. The average Bonchev–Trinajstić information content (AvgIpc) is 2.95. The molecule has 0 aliphatic carbocycles. The predicted octanol–water partition coefficient (Wildman–Crippen LogP) is 1.65.